The third-order valence-corrected chi connectivity index (χ3v) is 3.06. The molecule has 1 aromatic carbocycles. The zero-order valence-electron chi connectivity index (χ0n) is 11.7. The number of rotatable bonds is 8. The van der Waals surface area contributed by atoms with Crippen molar-refractivity contribution in [3.05, 3.63) is 29.8 Å². The van der Waals surface area contributed by atoms with Crippen molar-refractivity contribution in [2.45, 2.75) is 59.0 Å². The smallest absolute Gasteiger partial charge is 0.159 e. The predicted octanol–water partition coefficient (Wildman–Crippen LogP) is 4.63. The van der Waals surface area contributed by atoms with Crippen molar-refractivity contribution in [2.24, 2.45) is 0 Å². The highest BCUT2D eigenvalue weighted by Crippen LogP contribution is 2.16. The van der Waals surface area contributed by atoms with Crippen LogP contribution in [0.2, 0.25) is 0 Å². The van der Waals surface area contributed by atoms with E-state index in [2.05, 4.69) is 13.8 Å². The second kappa shape index (κ2) is 7.91. The molecular weight excluding hydrogens is 224 g/mol. The van der Waals surface area contributed by atoms with Crippen LogP contribution in [0.4, 0.5) is 0 Å². The molecule has 1 unspecified atom stereocenters. The van der Waals surface area contributed by atoms with Gasteiger partial charge in [0, 0.05) is 5.56 Å². The number of hydrogen-bond donors (Lipinski definition) is 0. The number of unbranched alkanes of at least 4 members (excludes halogenated alkanes) is 3. The summed E-state index contributed by atoms with van der Waals surface area (Å²) in [5, 5.41) is 0. The van der Waals surface area contributed by atoms with Gasteiger partial charge in [0.1, 0.15) is 5.75 Å². The predicted molar refractivity (Wildman–Crippen MR) is 75.3 cm³/mol. The van der Waals surface area contributed by atoms with Gasteiger partial charge in [-0.05, 0) is 51.0 Å². The van der Waals surface area contributed by atoms with Gasteiger partial charge in [0.25, 0.3) is 0 Å². The first kappa shape index (κ1) is 14.7. The van der Waals surface area contributed by atoms with E-state index in [1.807, 2.05) is 24.3 Å². The maximum absolute atomic E-state index is 11.1. The molecule has 0 aliphatic heterocycles. The Bertz CT molecular complexity index is 354. The van der Waals surface area contributed by atoms with E-state index >= 15 is 0 Å². The van der Waals surface area contributed by atoms with Crippen LogP contribution in [-0.4, -0.2) is 11.9 Å². The minimum Gasteiger partial charge on any atom is -0.491 e. The molecule has 1 rings (SSSR count). The lowest BCUT2D eigenvalue weighted by molar-refractivity contribution is 0.101. The number of carbonyl (C=O) groups excluding carboxylic acids is 1. The Morgan fingerprint density at radius 2 is 1.83 bits per heavy atom. The van der Waals surface area contributed by atoms with Gasteiger partial charge in [0.2, 0.25) is 0 Å². The molecule has 0 saturated carbocycles. The van der Waals surface area contributed by atoms with E-state index in [1.165, 1.54) is 25.7 Å². The minimum atomic E-state index is 0.0918. The van der Waals surface area contributed by atoms with E-state index in [1.54, 1.807) is 6.92 Å². The van der Waals surface area contributed by atoms with Gasteiger partial charge in [-0.1, -0.05) is 26.2 Å². The van der Waals surface area contributed by atoms with Gasteiger partial charge in [-0.15, -0.1) is 0 Å². The maximum atomic E-state index is 11.1. The molecule has 0 heterocycles. The molecular formula is C16H24O2. The molecule has 1 aromatic rings. The van der Waals surface area contributed by atoms with E-state index in [0.717, 1.165) is 17.7 Å². The monoisotopic (exact) mass is 248 g/mol. The lowest BCUT2D eigenvalue weighted by Crippen LogP contribution is -2.11. The van der Waals surface area contributed by atoms with Crippen LogP contribution in [0.15, 0.2) is 24.3 Å². The molecule has 0 saturated heterocycles. The second-order valence-electron chi connectivity index (χ2n) is 4.86. The summed E-state index contributed by atoms with van der Waals surface area (Å²) < 4.78 is 5.82. The summed E-state index contributed by atoms with van der Waals surface area (Å²) >= 11 is 0. The number of carbonyl (C=O) groups is 1. The molecule has 0 bridgehead atoms. The van der Waals surface area contributed by atoms with Gasteiger partial charge in [0.15, 0.2) is 5.78 Å². The van der Waals surface area contributed by atoms with Crippen LogP contribution in [0.3, 0.4) is 0 Å². The molecule has 2 nitrogen and oxygen atoms in total. The minimum absolute atomic E-state index is 0.0918. The van der Waals surface area contributed by atoms with Crippen molar-refractivity contribution >= 4 is 5.78 Å². The largest absolute Gasteiger partial charge is 0.491 e. The first-order valence-corrected chi connectivity index (χ1v) is 6.91. The van der Waals surface area contributed by atoms with Crippen molar-refractivity contribution < 1.29 is 9.53 Å². The Kier molecular flexibility index (Phi) is 6.48. The zero-order valence-corrected chi connectivity index (χ0v) is 11.7. The van der Waals surface area contributed by atoms with E-state index in [4.69, 9.17) is 4.74 Å². The average molecular weight is 248 g/mol. The van der Waals surface area contributed by atoms with Crippen molar-refractivity contribution in [3.8, 4) is 5.75 Å². The topological polar surface area (TPSA) is 26.3 Å². The third kappa shape index (κ3) is 5.35. The summed E-state index contributed by atoms with van der Waals surface area (Å²) in [5.41, 5.74) is 0.734. The molecule has 2 heteroatoms. The zero-order chi connectivity index (χ0) is 13.4. The molecule has 0 spiro atoms. The van der Waals surface area contributed by atoms with Gasteiger partial charge in [-0.2, -0.15) is 0 Å². The summed E-state index contributed by atoms with van der Waals surface area (Å²) in [5.74, 6) is 0.942. The van der Waals surface area contributed by atoms with Crippen molar-refractivity contribution in [1.29, 1.82) is 0 Å². The number of hydrogen-bond acceptors (Lipinski definition) is 2. The molecule has 0 aliphatic carbocycles. The highest BCUT2D eigenvalue weighted by molar-refractivity contribution is 5.94. The van der Waals surface area contributed by atoms with E-state index in [-0.39, 0.29) is 11.9 Å². The Labute approximate surface area is 110 Å². The molecule has 1 atom stereocenters. The summed E-state index contributed by atoms with van der Waals surface area (Å²) in [6.07, 6.45) is 6.41. The maximum Gasteiger partial charge on any atom is 0.159 e. The van der Waals surface area contributed by atoms with Crippen LogP contribution in [0.1, 0.15) is 63.2 Å². The molecule has 18 heavy (non-hydrogen) atoms. The van der Waals surface area contributed by atoms with Gasteiger partial charge in [-0.3, -0.25) is 4.79 Å². The van der Waals surface area contributed by atoms with Crippen LogP contribution in [0, 0.1) is 0 Å². The summed E-state index contributed by atoms with van der Waals surface area (Å²) in [6, 6.07) is 7.39. The number of ether oxygens (including phenoxy) is 1. The average Bonchev–Trinajstić information content (AvgIpc) is 2.35. The standard InChI is InChI=1S/C16H24O2/c1-4-5-6-7-8-13(2)18-16-11-9-15(10-12-16)14(3)17/h9-13H,4-8H2,1-3H3. The van der Waals surface area contributed by atoms with E-state index in [9.17, 15) is 4.79 Å². The summed E-state index contributed by atoms with van der Waals surface area (Å²) in [7, 11) is 0. The molecule has 100 valence electrons. The van der Waals surface area contributed by atoms with Crippen molar-refractivity contribution in [3.63, 3.8) is 0 Å². The van der Waals surface area contributed by atoms with Crippen LogP contribution in [0.25, 0.3) is 0 Å². The molecule has 0 N–H and O–H groups in total. The Balaban J connectivity index is 2.35. The Morgan fingerprint density at radius 1 is 1.17 bits per heavy atom. The SMILES string of the molecule is CCCCCCC(C)Oc1ccc(C(C)=O)cc1. The first-order chi connectivity index (χ1) is 8.63. The summed E-state index contributed by atoms with van der Waals surface area (Å²) in [6.45, 7) is 5.90. The van der Waals surface area contributed by atoms with Gasteiger partial charge in [-0.25, -0.2) is 0 Å². The lowest BCUT2D eigenvalue weighted by atomic mass is 10.1. The Hall–Kier alpha value is -1.31. The first-order valence-electron chi connectivity index (χ1n) is 6.91. The second-order valence-corrected chi connectivity index (χ2v) is 4.86. The van der Waals surface area contributed by atoms with Crippen LogP contribution >= 0.6 is 0 Å². The molecule has 0 aliphatic rings. The molecule has 0 fully saturated rings. The van der Waals surface area contributed by atoms with Crippen LogP contribution in [0.5, 0.6) is 5.75 Å². The van der Waals surface area contributed by atoms with Gasteiger partial charge < -0.3 is 4.74 Å². The number of Topliss-reactive ketones (excluding diaryl/α,β-unsaturated/α-hetero) is 1. The summed E-state index contributed by atoms with van der Waals surface area (Å²) in [4.78, 5) is 11.1. The van der Waals surface area contributed by atoms with Crippen LogP contribution < -0.4 is 4.74 Å². The highest BCUT2D eigenvalue weighted by Gasteiger charge is 2.05. The molecule has 0 radical (unpaired) electrons. The number of benzene rings is 1. The van der Waals surface area contributed by atoms with Crippen molar-refractivity contribution in [1.82, 2.24) is 0 Å². The fourth-order valence-corrected chi connectivity index (χ4v) is 1.92. The van der Waals surface area contributed by atoms with Gasteiger partial charge >= 0.3 is 0 Å². The highest BCUT2D eigenvalue weighted by atomic mass is 16.5. The van der Waals surface area contributed by atoms with Crippen molar-refractivity contribution in [2.75, 3.05) is 0 Å². The third-order valence-electron chi connectivity index (χ3n) is 3.06. The van der Waals surface area contributed by atoms with Gasteiger partial charge in [0.05, 0.1) is 6.10 Å². The molecule has 0 aromatic heterocycles. The van der Waals surface area contributed by atoms with E-state index in [0.29, 0.717) is 0 Å². The number of ketones is 1. The molecule has 0 amide bonds. The Morgan fingerprint density at radius 3 is 2.39 bits per heavy atom. The van der Waals surface area contributed by atoms with Crippen LogP contribution in [-0.2, 0) is 0 Å². The fraction of sp³-hybridized carbons (Fsp3) is 0.562. The van der Waals surface area contributed by atoms with E-state index < -0.39 is 0 Å². The normalized spacial score (nSPS) is 12.2. The quantitative estimate of drug-likeness (QED) is 0.495. The fourth-order valence-electron chi connectivity index (χ4n) is 1.92. The lowest BCUT2D eigenvalue weighted by Gasteiger charge is -2.14.